The van der Waals surface area contributed by atoms with Crippen molar-refractivity contribution in [1.29, 1.82) is 0 Å². The molecule has 11 nitrogen and oxygen atoms in total. The third-order valence-corrected chi connectivity index (χ3v) is 11.2. The van der Waals surface area contributed by atoms with Crippen LogP contribution in [-0.4, -0.2) is 74.6 Å². The van der Waals surface area contributed by atoms with Gasteiger partial charge >= 0.3 is 5.97 Å². The maximum absolute atomic E-state index is 13.3. The first-order valence-electron chi connectivity index (χ1n) is 14.7. The molecular weight excluding hydrogens is 581 g/mol. The number of aliphatic hydroxyl groups excluding tert-OH is 2. The van der Waals surface area contributed by atoms with Crippen LogP contribution in [0.5, 0.6) is 0 Å². The number of aromatic nitrogens is 1. The summed E-state index contributed by atoms with van der Waals surface area (Å²) >= 11 is 1.34. The molecule has 0 saturated carbocycles. The van der Waals surface area contributed by atoms with Crippen molar-refractivity contribution in [1.82, 2.24) is 10.1 Å². The number of ketones is 1. The highest BCUT2D eigenvalue weighted by molar-refractivity contribution is 7.55. The van der Waals surface area contributed by atoms with E-state index < -0.39 is 43.1 Å². The number of hydrogen-bond donors (Lipinski definition) is 5. The second-order valence-corrected chi connectivity index (χ2v) is 15.8. The van der Waals surface area contributed by atoms with E-state index in [0.29, 0.717) is 17.1 Å². The Bertz CT molecular complexity index is 1190. The lowest BCUT2D eigenvalue weighted by molar-refractivity contribution is -0.154. The fraction of sp³-hybridized carbons (Fsp3) is 0.759. The molecule has 2 saturated heterocycles. The second kappa shape index (κ2) is 14.1. The maximum atomic E-state index is 13.3. The molecule has 0 bridgehead atoms. The number of rotatable bonds is 7. The molecule has 1 aromatic rings. The summed E-state index contributed by atoms with van der Waals surface area (Å²) in [7, 11) is -3.53. The first-order chi connectivity index (χ1) is 19.5. The van der Waals surface area contributed by atoms with Crippen molar-refractivity contribution in [3.63, 3.8) is 0 Å². The summed E-state index contributed by atoms with van der Waals surface area (Å²) in [6.07, 6.45) is 1.20. The smallest absolute Gasteiger partial charge is 0.309 e. The number of carbonyl (C=O) groups excluding carboxylic acids is 2. The number of nitrogens with one attached hydrogen (secondary N) is 1. The first-order valence-corrected chi connectivity index (χ1v) is 17.4. The molecule has 238 valence electrons. The van der Waals surface area contributed by atoms with Crippen LogP contribution in [0.25, 0.3) is 6.08 Å². The molecule has 2 aliphatic heterocycles. The summed E-state index contributed by atoms with van der Waals surface area (Å²) < 4.78 is 24.0. The van der Waals surface area contributed by atoms with E-state index in [4.69, 9.17) is 15.2 Å². The average Bonchev–Trinajstić information content (AvgIpc) is 3.31. The fourth-order valence-electron chi connectivity index (χ4n) is 5.54. The number of esters is 1. The number of ether oxygens (including phenoxy) is 2. The molecule has 0 aliphatic carbocycles. The highest BCUT2D eigenvalue weighted by atomic mass is 32.1. The van der Waals surface area contributed by atoms with Crippen molar-refractivity contribution >= 4 is 36.7 Å². The number of nitrogens with zero attached hydrogens (tertiary/aromatic N) is 1. The van der Waals surface area contributed by atoms with E-state index in [-0.39, 0.29) is 49.1 Å². The van der Waals surface area contributed by atoms with Crippen molar-refractivity contribution in [2.45, 2.75) is 110 Å². The quantitative estimate of drug-likeness (QED) is 0.169. The van der Waals surface area contributed by atoms with Crippen LogP contribution < -0.4 is 10.8 Å². The summed E-state index contributed by atoms with van der Waals surface area (Å²) in [5.74, 6) is -1.75. The Morgan fingerprint density at radius 2 is 1.98 bits per heavy atom. The van der Waals surface area contributed by atoms with Crippen molar-refractivity contribution < 1.29 is 38.7 Å². The molecule has 8 atom stereocenters. The normalized spacial score (nSPS) is 34.8. The third kappa shape index (κ3) is 9.01. The van der Waals surface area contributed by atoms with Gasteiger partial charge in [0.2, 0.25) is 0 Å². The number of nitrogens with two attached hydrogens (primary N) is 1. The fourth-order valence-corrected chi connectivity index (χ4v) is 7.24. The number of fused-ring (bicyclic) bond motifs is 1. The average molecular weight is 630 g/mol. The molecule has 3 rings (SSSR count). The molecule has 0 aromatic carbocycles. The molecule has 2 aliphatic rings. The minimum absolute atomic E-state index is 0.0283. The summed E-state index contributed by atoms with van der Waals surface area (Å²) in [5.41, 5.74) is 5.11. The van der Waals surface area contributed by atoms with Crippen LogP contribution in [0.1, 0.15) is 84.3 Å². The Morgan fingerprint density at radius 1 is 1.29 bits per heavy atom. The van der Waals surface area contributed by atoms with Crippen LogP contribution >= 0.6 is 18.9 Å². The van der Waals surface area contributed by atoms with E-state index in [9.17, 15) is 29.3 Å². The highest BCUT2D eigenvalue weighted by Crippen LogP contribution is 2.45. The van der Waals surface area contributed by atoms with Crippen molar-refractivity contribution in [3.05, 3.63) is 21.7 Å². The summed E-state index contributed by atoms with van der Waals surface area (Å²) in [6.45, 7) is 10.9. The zero-order chi connectivity index (χ0) is 31.5. The Balaban J connectivity index is 1.80. The highest BCUT2D eigenvalue weighted by Gasteiger charge is 2.53. The Hall–Kier alpha value is -1.50. The van der Waals surface area contributed by atoms with Crippen molar-refractivity contribution in [3.8, 4) is 0 Å². The van der Waals surface area contributed by atoms with Gasteiger partial charge in [-0.3, -0.25) is 14.2 Å². The Kier molecular flexibility index (Phi) is 11.7. The molecule has 42 heavy (non-hydrogen) atoms. The first kappa shape index (κ1) is 35.0. The van der Waals surface area contributed by atoms with Gasteiger partial charge in [-0.15, -0.1) is 11.3 Å². The van der Waals surface area contributed by atoms with E-state index in [0.717, 1.165) is 24.8 Å². The topological polar surface area (TPSA) is 185 Å². The number of aliphatic hydroxyl groups is 2. The van der Waals surface area contributed by atoms with Crippen LogP contribution in [-0.2, 0) is 30.2 Å². The SMILES string of the molecule is C/C(=C\c1csc(CNP(=O)(O)CCN)n1)C1CC2O[C@]2(C)CCC[C@H](C)[C@H](O)[C@@H](C)C(=O)C(C)(C)[C@@H](O)CC(=O)O1. The molecule has 0 spiro atoms. The van der Waals surface area contributed by atoms with E-state index in [1.807, 2.05) is 32.2 Å². The lowest BCUT2D eigenvalue weighted by atomic mass is 9.73. The molecule has 1 aromatic heterocycles. The van der Waals surface area contributed by atoms with Crippen LogP contribution in [0, 0.1) is 17.3 Å². The van der Waals surface area contributed by atoms with Gasteiger partial charge in [-0.2, -0.15) is 0 Å². The second-order valence-electron chi connectivity index (χ2n) is 12.7. The molecule has 0 radical (unpaired) electrons. The summed E-state index contributed by atoms with van der Waals surface area (Å²) in [6, 6.07) is 0. The molecular formula is C29H48N3O8PS. The van der Waals surface area contributed by atoms with Crippen LogP contribution in [0.15, 0.2) is 11.0 Å². The minimum atomic E-state index is -3.53. The monoisotopic (exact) mass is 629 g/mol. The molecule has 3 unspecified atom stereocenters. The number of cyclic esters (lactones) is 1. The zero-order valence-electron chi connectivity index (χ0n) is 25.5. The zero-order valence-corrected chi connectivity index (χ0v) is 27.2. The molecule has 0 amide bonds. The lowest BCUT2D eigenvalue weighted by Gasteiger charge is -2.34. The number of Topliss-reactive ketones (excluding diaryl/α,β-unsaturated/α-hetero) is 1. The molecule has 13 heteroatoms. The van der Waals surface area contributed by atoms with Gasteiger partial charge in [0.25, 0.3) is 7.52 Å². The van der Waals surface area contributed by atoms with Crippen LogP contribution in [0.4, 0.5) is 0 Å². The maximum Gasteiger partial charge on any atom is 0.309 e. The van der Waals surface area contributed by atoms with Gasteiger partial charge in [0, 0.05) is 24.3 Å². The van der Waals surface area contributed by atoms with Crippen LogP contribution in [0.2, 0.25) is 0 Å². The van der Waals surface area contributed by atoms with Gasteiger partial charge in [0.15, 0.2) is 0 Å². The lowest BCUT2D eigenvalue weighted by Crippen LogP contribution is -2.45. The largest absolute Gasteiger partial charge is 0.458 e. The molecule has 6 N–H and O–H groups in total. The van der Waals surface area contributed by atoms with Crippen molar-refractivity contribution in [2.75, 3.05) is 12.7 Å². The van der Waals surface area contributed by atoms with Gasteiger partial charge in [0.1, 0.15) is 16.9 Å². The van der Waals surface area contributed by atoms with Gasteiger partial charge in [-0.05, 0) is 44.3 Å². The Morgan fingerprint density at radius 3 is 2.64 bits per heavy atom. The molecule has 2 fully saturated rings. The third-order valence-electron chi connectivity index (χ3n) is 8.77. The minimum Gasteiger partial charge on any atom is -0.458 e. The van der Waals surface area contributed by atoms with Gasteiger partial charge in [0.05, 0.1) is 54.1 Å². The Labute approximate surface area is 252 Å². The number of epoxide rings is 1. The van der Waals surface area contributed by atoms with E-state index in [1.54, 1.807) is 20.8 Å². The van der Waals surface area contributed by atoms with E-state index in [2.05, 4.69) is 10.1 Å². The van der Waals surface area contributed by atoms with Gasteiger partial charge in [-0.1, -0.05) is 34.1 Å². The van der Waals surface area contributed by atoms with E-state index in [1.165, 1.54) is 11.3 Å². The summed E-state index contributed by atoms with van der Waals surface area (Å²) in [5, 5.41) is 26.9. The molecule has 3 heterocycles. The van der Waals surface area contributed by atoms with E-state index >= 15 is 0 Å². The van der Waals surface area contributed by atoms with Gasteiger partial charge < -0.3 is 30.3 Å². The number of carbonyl (C=O) groups is 2. The number of thiazole rings is 1. The predicted molar refractivity (Wildman–Crippen MR) is 162 cm³/mol. The standard InChI is InChI=1S/C29H48N3O8PS/c1-17-8-7-9-29(6)23(40-29)13-21(39-25(34)14-22(33)28(4,5)27(36)19(3)26(17)35)18(2)12-20-16-42-24(32-20)15-31-41(37,38)11-10-30/h12,16-17,19,21-23,26,33,35H,7-11,13-15,30H2,1-6H3,(H2,31,37,38)/b18-12+/t17-,19+,21?,22-,23?,26-,29+/m0/s1. The number of hydrogen-bond acceptors (Lipinski definition) is 10. The van der Waals surface area contributed by atoms with Crippen LogP contribution in [0.3, 0.4) is 0 Å². The van der Waals surface area contributed by atoms with Crippen molar-refractivity contribution in [2.24, 2.45) is 23.0 Å². The van der Waals surface area contributed by atoms with Gasteiger partial charge in [-0.25, -0.2) is 10.1 Å². The predicted octanol–water partition coefficient (Wildman–Crippen LogP) is 3.40. The summed E-state index contributed by atoms with van der Waals surface area (Å²) in [4.78, 5) is 40.8.